The summed E-state index contributed by atoms with van der Waals surface area (Å²) in [6, 6.07) is 4.21. The van der Waals surface area contributed by atoms with Gasteiger partial charge in [0.1, 0.15) is 16.5 Å². The first kappa shape index (κ1) is 19.2. The number of halogens is 1. The van der Waals surface area contributed by atoms with Crippen LogP contribution in [0, 0.1) is 17.7 Å². The van der Waals surface area contributed by atoms with Crippen molar-refractivity contribution in [1.29, 1.82) is 0 Å². The van der Waals surface area contributed by atoms with Crippen LogP contribution < -0.4 is 4.74 Å². The van der Waals surface area contributed by atoms with E-state index in [2.05, 4.69) is 4.90 Å². The van der Waals surface area contributed by atoms with Gasteiger partial charge in [-0.1, -0.05) is 12.8 Å². The van der Waals surface area contributed by atoms with E-state index in [9.17, 15) is 12.8 Å². The fourth-order valence-corrected chi connectivity index (χ4v) is 7.09. The normalized spacial score (nSPS) is 30.2. The topological polar surface area (TPSA) is 49.9 Å². The Balaban J connectivity index is 1.60. The molecule has 2 heterocycles. The zero-order valence-corrected chi connectivity index (χ0v) is 16.8. The Bertz CT molecular complexity index is 765. The fourth-order valence-electron chi connectivity index (χ4n) is 5.37. The Morgan fingerprint density at radius 2 is 1.70 bits per heavy atom. The van der Waals surface area contributed by atoms with Gasteiger partial charge in [-0.3, -0.25) is 4.90 Å². The highest BCUT2D eigenvalue weighted by atomic mass is 32.2. The van der Waals surface area contributed by atoms with E-state index in [1.54, 1.807) is 4.31 Å². The van der Waals surface area contributed by atoms with E-state index in [1.807, 2.05) is 0 Å². The zero-order valence-electron chi connectivity index (χ0n) is 15.9. The second-order valence-corrected chi connectivity index (χ2v) is 10.1. The van der Waals surface area contributed by atoms with Crippen LogP contribution in [0.15, 0.2) is 23.1 Å². The van der Waals surface area contributed by atoms with E-state index < -0.39 is 15.8 Å². The molecule has 7 heteroatoms. The van der Waals surface area contributed by atoms with Crippen LogP contribution in [0.2, 0.25) is 0 Å². The standard InChI is InChI=1S/C20H29FN2O3S/c1-26-18-9-8-17(21)12-19(18)27(24,25)23-13-15-6-5-7-16(14-23)20(15)22-10-3-2-4-11-22/h8-9,12,15-16,20H,2-7,10-11,13-14H2,1H3/t15-,16-/m1/s1. The minimum atomic E-state index is -3.77. The molecule has 3 aliphatic rings. The van der Waals surface area contributed by atoms with E-state index >= 15 is 0 Å². The van der Waals surface area contributed by atoms with Gasteiger partial charge in [0.2, 0.25) is 10.0 Å². The lowest BCUT2D eigenvalue weighted by Gasteiger charge is -2.52. The third-order valence-corrected chi connectivity index (χ3v) is 8.40. The lowest BCUT2D eigenvalue weighted by molar-refractivity contribution is -0.00314. The Hall–Kier alpha value is -1.18. The molecule has 1 aromatic carbocycles. The summed E-state index contributed by atoms with van der Waals surface area (Å²) < 4.78 is 47.2. The van der Waals surface area contributed by atoms with Crippen molar-refractivity contribution in [2.24, 2.45) is 11.8 Å². The summed E-state index contributed by atoms with van der Waals surface area (Å²) >= 11 is 0. The molecule has 2 bridgehead atoms. The average molecular weight is 397 g/mol. The minimum Gasteiger partial charge on any atom is -0.495 e. The van der Waals surface area contributed by atoms with Crippen LogP contribution in [-0.4, -0.2) is 57.0 Å². The van der Waals surface area contributed by atoms with Gasteiger partial charge in [0.05, 0.1) is 7.11 Å². The van der Waals surface area contributed by atoms with Crippen LogP contribution in [-0.2, 0) is 10.0 Å². The molecule has 4 rings (SSSR count). The van der Waals surface area contributed by atoms with Crippen molar-refractivity contribution in [3.8, 4) is 5.75 Å². The summed E-state index contributed by atoms with van der Waals surface area (Å²) in [5.74, 6) is 0.382. The fraction of sp³-hybridized carbons (Fsp3) is 0.700. The third kappa shape index (κ3) is 3.61. The summed E-state index contributed by atoms with van der Waals surface area (Å²) in [5.41, 5.74) is 0. The lowest BCUT2D eigenvalue weighted by atomic mass is 9.73. The number of hydrogen-bond acceptors (Lipinski definition) is 4. The summed E-state index contributed by atoms with van der Waals surface area (Å²) in [5, 5.41) is 0. The number of ether oxygens (including phenoxy) is 1. The summed E-state index contributed by atoms with van der Waals surface area (Å²) in [6.45, 7) is 3.34. The lowest BCUT2D eigenvalue weighted by Crippen LogP contribution is -2.59. The number of rotatable bonds is 4. The van der Waals surface area contributed by atoms with E-state index in [-0.39, 0.29) is 10.6 Å². The molecule has 0 unspecified atom stereocenters. The number of likely N-dealkylation sites (tertiary alicyclic amines) is 1. The molecule has 0 radical (unpaired) electrons. The summed E-state index contributed by atoms with van der Waals surface area (Å²) in [6.07, 6.45) is 7.13. The van der Waals surface area contributed by atoms with Crippen molar-refractivity contribution >= 4 is 10.0 Å². The molecule has 1 aliphatic carbocycles. The Labute approximate surface area is 161 Å². The Morgan fingerprint density at radius 1 is 1.04 bits per heavy atom. The number of piperidine rings is 2. The van der Waals surface area contributed by atoms with Crippen molar-refractivity contribution in [2.45, 2.75) is 49.5 Å². The van der Waals surface area contributed by atoms with Crippen LogP contribution in [0.3, 0.4) is 0 Å². The van der Waals surface area contributed by atoms with Gasteiger partial charge in [0.25, 0.3) is 0 Å². The van der Waals surface area contributed by atoms with Gasteiger partial charge in [0, 0.05) is 19.1 Å². The smallest absolute Gasteiger partial charge is 0.246 e. The van der Waals surface area contributed by atoms with E-state index in [0.29, 0.717) is 31.0 Å². The maximum Gasteiger partial charge on any atom is 0.246 e. The molecule has 2 aliphatic heterocycles. The highest BCUT2D eigenvalue weighted by Crippen LogP contribution is 2.41. The van der Waals surface area contributed by atoms with Gasteiger partial charge in [0.15, 0.2) is 0 Å². The maximum absolute atomic E-state index is 13.8. The van der Waals surface area contributed by atoms with E-state index in [4.69, 9.17) is 4.74 Å². The van der Waals surface area contributed by atoms with Gasteiger partial charge in [-0.15, -0.1) is 0 Å². The summed E-state index contributed by atoms with van der Waals surface area (Å²) in [4.78, 5) is 2.56. The molecule has 1 saturated carbocycles. The number of fused-ring (bicyclic) bond motifs is 2. The maximum atomic E-state index is 13.8. The first-order valence-electron chi connectivity index (χ1n) is 10.1. The predicted molar refractivity (Wildman–Crippen MR) is 102 cm³/mol. The molecule has 0 N–H and O–H groups in total. The highest BCUT2D eigenvalue weighted by molar-refractivity contribution is 7.89. The monoisotopic (exact) mass is 396 g/mol. The molecule has 2 saturated heterocycles. The average Bonchev–Trinajstić information content (AvgIpc) is 2.67. The molecule has 2 atom stereocenters. The first-order valence-corrected chi connectivity index (χ1v) is 11.5. The second kappa shape index (κ2) is 7.68. The number of hydrogen-bond donors (Lipinski definition) is 0. The number of methoxy groups -OCH3 is 1. The van der Waals surface area contributed by atoms with Gasteiger partial charge < -0.3 is 4.74 Å². The van der Waals surface area contributed by atoms with Gasteiger partial charge in [-0.05, 0) is 68.8 Å². The Kier molecular flexibility index (Phi) is 5.45. The zero-order chi connectivity index (χ0) is 19.0. The van der Waals surface area contributed by atoms with Gasteiger partial charge >= 0.3 is 0 Å². The van der Waals surface area contributed by atoms with Gasteiger partial charge in [-0.2, -0.15) is 4.31 Å². The highest BCUT2D eigenvalue weighted by Gasteiger charge is 2.46. The summed E-state index contributed by atoms with van der Waals surface area (Å²) in [7, 11) is -2.35. The van der Waals surface area contributed by atoms with Crippen LogP contribution in [0.4, 0.5) is 4.39 Å². The molecular formula is C20H29FN2O3S. The molecule has 0 amide bonds. The van der Waals surface area contributed by atoms with Crippen LogP contribution in [0.25, 0.3) is 0 Å². The van der Waals surface area contributed by atoms with Gasteiger partial charge in [-0.25, -0.2) is 12.8 Å². The third-order valence-electron chi connectivity index (χ3n) is 6.55. The molecule has 150 valence electrons. The van der Waals surface area contributed by atoms with Crippen molar-refractivity contribution in [2.75, 3.05) is 33.3 Å². The number of sulfonamides is 1. The van der Waals surface area contributed by atoms with Crippen LogP contribution >= 0.6 is 0 Å². The number of nitrogens with zero attached hydrogens (tertiary/aromatic N) is 2. The quantitative estimate of drug-likeness (QED) is 0.785. The predicted octanol–water partition coefficient (Wildman–Crippen LogP) is 3.11. The Morgan fingerprint density at radius 3 is 2.33 bits per heavy atom. The van der Waals surface area contributed by atoms with Crippen molar-refractivity contribution in [1.82, 2.24) is 9.21 Å². The molecule has 27 heavy (non-hydrogen) atoms. The largest absolute Gasteiger partial charge is 0.495 e. The molecule has 5 nitrogen and oxygen atoms in total. The van der Waals surface area contributed by atoms with E-state index in [0.717, 1.165) is 32.0 Å². The molecule has 3 fully saturated rings. The van der Waals surface area contributed by atoms with Crippen LogP contribution in [0.1, 0.15) is 38.5 Å². The van der Waals surface area contributed by atoms with Crippen LogP contribution in [0.5, 0.6) is 5.75 Å². The van der Waals surface area contributed by atoms with Crippen molar-refractivity contribution in [3.63, 3.8) is 0 Å². The molecule has 0 aromatic heterocycles. The van der Waals surface area contributed by atoms with E-state index in [1.165, 1.54) is 44.9 Å². The van der Waals surface area contributed by atoms with Crippen molar-refractivity contribution < 1.29 is 17.5 Å². The molecular weight excluding hydrogens is 367 g/mol. The minimum absolute atomic E-state index is 0.0560. The number of benzene rings is 1. The SMILES string of the molecule is COc1ccc(F)cc1S(=O)(=O)N1C[C@H]2CCC[C@H](C1)C2N1CCCCC1. The molecule has 0 spiro atoms. The first-order chi connectivity index (χ1) is 13.0. The van der Waals surface area contributed by atoms with Crippen molar-refractivity contribution in [3.05, 3.63) is 24.0 Å². The molecule has 1 aromatic rings. The second-order valence-electron chi connectivity index (χ2n) is 8.16.